The number of thiazole rings is 1. The molecule has 4 nitrogen and oxygen atoms in total. The minimum absolute atomic E-state index is 0.183. The maximum Gasteiger partial charge on any atom is 0.203 e. The zero-order valence-corrected chi connectivity index (χ0v) is 13.9. The predicted molar refractivity (Wildman–Crippen MR) is 89.6 cm³/mol. The molecule has 112 valence electrons. The van der Waals surface area contributed by atoms with Crippen molar-refractivity contribution in [3.8, 4) is 5.75 Å². The van der Waals surface area contributed by atoms with Crippen molar-refractivity contribution >= 4 is 22.7 Å². The fourth-order valence-electron chi connectivity index (χ4n) is 1.66. The van der Waals surface area contributed by atoms with E-state index < -0.39 is 0 Å². The van der Waals surface area contributed by atoms with Crippen LogP contribution in [-0.4, -0.2) is 16.8 Å². The van der Waals surface area contributed by atoms with E-state index in [1.165, 1.54) is 4.88 Å². The number of nitrogens with one attached hydrogen (secondary N) is 1. The number of aryl methyl sites for hydroxylation is 2. The van der Waals surface area contributed by atoms with Gasteiger partial charge in [-0.05, 0) is 64.4 Å². The second kappa shape index (κ2) is 6.26. The largest absolute Gasteiger partial charge is 0.488 e. The first-order valence-electron chi connectivity index (χ1n) is 6.86. The van der Waals surface area contributed by atoms with E-state index in [9.17, 15) is 0 Å². The van der Waals surface area contributed by atoms with E-state index in [0.717, 1.165) is 22.1 Å². The van der Waals surface area contributed by atoms with Crippen LogP contribution >= 0.6 is 11.3 Å². The fraction of sp³-hybridized carbons (Fsp3) is 0.375. The summed E-state index contributed by atoms with van der Waals surface area (Å²) in [6.07, 6.45) is 1.77. The number of hydrogen-bond donors (Lipinski definition) is 1. The molecule has 1 aromatic carbocycles. The number of rotatable bonds is 4. The Morgan fingerprint density at radius 3 is 2.38 bits per heavy atom. The van der Waals surface area contributed by atoms with Crippen molar-refractivity contribution in [2.24, 2.45) is 5.10 Å². The van der Waals surface area contributed by atoms with Crippen LogP contribution in [0.25, 0.3) is 0 Å². The summed E-state index contributed by atoms with van der Waals surface area (Å²) in [6.45, 7) is 10.1. The van der Waals surface area contributed by atoms with Crippen LogP contribution in [0.5, 0.6) is 5.75 Å². The minimum Gasteiger partial charge on any atom is -0.488 e. The van der Waals surface area contributed by atoms with Gasteiger partial charge in [0.15, 0.2) is 0 Å². The van der Waals surface area contributed by atoms with Gasteiger partial charge in [0.1, 0.15) is 11.4 Å². The molecule has 0 saturated heterocycles. The lowest BCUT2D eigenvalue weighted by molar-refractivity contribution is 0.131. The standard InChI is InChI=1S/C16H21N3OS/c1-11-12(2)21-15(18-11)19-17-10-13-6-8-14(9-7-13)20-16(3,4)5/h6-10H,1-5H3,(H,18,19)/b17-10-. The summed E-state index contributed by atoms with van der Waals surface area (Å²) in [4.78, 5) is 5.57. The summed E-state index contributed by atoms with van der Waals surface area (Å²) < 4.78 is 5.78. The van der Waals surface area contributed by atoms with Crippen LogP contribution in [0.4, 0.5) is 5.13 Å². The summed E-state index contributed by atoms with van der Waals surface area (Å²) in [5.41, 5.74) is 4.82. The van der Waals surface area contributed by atoms with Crippen molar-refractivity contribution < 1.29 is 4.74 Å². The van der Waals surface area contributed by atoms with Crippen molar-refractivity contribution in [3.63, 3.8) is 0 Å². The number of anilines is 1. The minimum atomic E-state index is -0.183. The first-order chi connectivity index (χ1) is 9.83. The summed E-state index contributed by atoms with van der Waals surface area (Å²) in [6, 6.07) is 7.85. The molecule has 0 aliphatic carbocycles. The molecule has 1 N–H and O–H groups in total. The van der Waals surface area contributed by atoms with Gasteiger partial charge in [-0.3, -0.25) is 5.43 Å². The molecule has 2 rings (SSSR count). The number of ether oxygens (including phenoxy) is 1. The SMILES string of the molecule is Cc1nc(N/N=C\c2ccc(OC(C)(C)C)cc2)sc1C. The normalized spacial score (nSPS) is 11.9. The summed E-state index contributed by atoms with van der Waals surface area (Å²) in [5, 5.41) is 5.02. The molecule has 0 spiro atoms. The molecule has 1 aromatic heterocycles. The van der Waals surface area contributed by atoms with Gasteiger partial charge in [0.2, 0.25) is 5.13 Å². The Bertz CT molecular complexity index is 604. The average Bonchev–Trinajstić information content (AvgIpc) is 2.69. The van der Waals surface area contributed by atoms with E-state index in [1.807, 2.05) is 52.0 Å². The molecule has 21 heavy (non-hydrogen) atoms. The molecule has 0 amide bonds. The molecule has 0 bridgehead atoms. The van der Waals surface area contributed by atoms with Crippen LogP contribution in [0.1, 0.15) is 36.9 Å². The highest BCUT2D eigenvalue weighted by atomic mass is 32.1. The van der Waals surface area contributed by atoms with Crippen LogP contribution in [0.15, 0.2) is 29.4 Å². The van der Waals surface area contributed by atoms with E-state index >= 15 is 0 Å². The van der Waals surface area contributed by atoms with Gasteiger partial charge in [-0.25, -0.2) is 4.98 Å². The fourth-order valence-corrected chi connectivity index (χ4v) is 2.42. The second-order valence-corrected chi connectivity index (χ2v) is 7.02. The molecule has 0 atom stereocenters. The maximum atomic E-state index is 5.78. The summed E-state index contributed by atoms with van der Waals surface area (Å²) in [5.74, 6) is 0.860. The van der Waals surface area contributed by atoms with Crippen molar-refractivity contribution in [1.82, 2.24) is 4.98 Å². The molecule has 0 radical (unpaired) electrons. The van der Waals surface area contributed by atoms with Crippen LogP contribution in [0.3, 0.4) is 0 Å². The zero-order valence-electron chi connectivity index (χ0n) is 13.1. The molecule has 0 fully saturated rings. The van der Waals surface area contributed by atoms with Crippen LogP contribution in [0, 0.1) is 13.8 Å². The van der Waals surface area contributed by atoms with Crippen LogP contribution < -0.4 is 10.2 Å². The van der Waals surface area contributed by atoms with Crippen LogP contribution in [0.2, 0.25) is 0 Å². The van der Waals surface area contributed by atoms with Gasteiger partial charge < -0.3 is 4.74 Å². The smallest absolute Gasteiger partial charge is 0.203 e. The molecule has 5 heteroatoms. The molecule has 1 heterocycles. The molecule has 0 aliphatic heterocycles. The number of aromatic nitrogens is 1. The highest BCUT2D eigenvalue weighted by molar-refractivity contribution is 7.15. The van der Waals surface area contributed by atoms with Gasteiger partial charge in [0, 0.05) is 4.88 Å². The zero-order chi connectivity index (χ0) is 15.5. The highest BCUT2D eigenvalue weighted by Gasteiger charge is 2.11. The number of hydrazone groups is 1. The monoisotopic (exact) mass is 303 g/mol. The Morgan fingerprint density at radius 1 is 1.19 bits per heavy atom. The second-order valence-electron chi connectivity index (χ2n) is 5.81. The first kappa shape index (κ1) is 15.5. The lowest BCUT2D eigenvalue weighted by Gasteiger charge is -2.21. The third-order valence-corrected chi connectivity index (χ3v) is 3.68. The van der Waals surface area contributed by atoms with Crippen molar-refractivity contribution in [1.29, 1.82) is 0 Å². The third-order valence-electron chi connectivity index (χ3n) is 2.71. The maximum absolute atomic E-state index is 5.78. The Kier molecular flexibility index (Phi) is 4.63. The summed E-state index contributed by atoms with van der Waals surface area (Å²) >= 11 is 1.60. The molecule has 0 aliphatic rings. The Labute approximate surface area is 129 Å². The van der Waals surface area contributed by atoms with Crippen molar-refractivity contribution in [2.75, 3.05) is 5.43 Å². The summed E-state index contributed by atoms with van der Waals surface area (Å²) in [7, 11) is 0. The van der Waals surface area contributed by atoms with Gasteiger partial charge in [-0.1, -0.05) is 0 Å². The number of hydrogen-bond acceptors (Lipinski definition) is 5. The van der Waals surface area contributed by atoms with Gasteiger partial charge >= 0.3 is 0 Å². The van der Waals surface area contributed by atoms with E-state index in [0.29, 0.717) is 0 Å². The third kappa shape index (κ3) is 4.86. The van der Waals surface area contributed by atoms with E-state index in [2.05, 4.69) is 22.4 Å². The number of benzene rings is 1. The van der Waals surface area contributed by atoms with Crippen molar-refractivity contribution in [3.05, 3.63) is 40.4 Å². The lowest BCUT2D eigenvalue weighted by Crippen LogP contribution is -2.22. The molecule has 0 unspecified atom stereocenters. The molecule has 0 saturated carbocycles. The van der Waals surface area contributed by atoms with Crippen molar-refractivity contribution in [2.45, 2.75) is 40.2 Å². The highest BCUT2D eigenvalue weighted by Crippen LogP contribution is 2.21. The quantitative estimate of drug-likeness (QED) is 0.673. The van der Waals surface area contributed by atoms with E-state index in [1.54, 1.807) is 17.6 Å². The van der Waals surface area contributed by atoms with Crippen LogP contribution in [-0.2, 0) is 0 Å². The van der Waals surface area contributed by atoms with Gasteiger partial charge in [-0.2, -0.15) is 5.10 Å². The van der Waals surface area contributed by atoms with E-state index in [-0.39, 0.29) is 5.60 Å². The Morgan fingerprint density at radius 2 is 1.86 bits per heavy atom. The van der Waals surface area contributed by atoms with E-state index in [4.69, 9.17) is 4.74 Å². The predicted octanol–water partition coefficient (Wildman–Crippen LogP) is 4.38. The lowest BCUT2D eigenvalue weighted by atomic mass is 10.2. The first-order valence-corrected chi connectivity index (χ1v) is 7.67. The molecular formula is C16H21N3OS. The molecular weight excluding hydrogens is 282 g/mol. The van der Waals surface area contributed by atoms with Gasteiger partial charge in [0.05, 0.1) is 11.9 Å². The Hall–Kier alpha value is -1.88. The van der Waals surface area contributed by atoms with Gasteiger partial charge in [-0.15, -0.1) is 11.3 Å². The average molecular weight is 303 g/mol. The number of nitrogens with zero attached hydrogens (tertiary/aromatic N) is 2. The Balaban J connectivity index is 1.95. The van der Waals surface area contributed by atoms with Gasteiger partial charge in [0.25, 0.3) is 0 Å². The molecule has 2 aromatic rings. The topological polar surface area (TPSA) is 46.5 Å².